The van der Waals surface area contributed by atoms with Crippen molar-refractivity contribution in [2.75, 3.05) is 13.4 Å². The summed E-state index contributed by atoms with van der Waals surface area (Å²) in [5, 5.41) is 0.451. The topological polar surface area (TPSA) is 78.2 Å². The second kappa shape index (κ2) is 8.51. The third-order valence-corrected chi connectivity index (χ3v) is 6.31. The molecule has 3 aromatic carbocycles. The van der Waals surface area contributed by atoms with E-state index in [0.29, 0.717) is 40.4 Å². The van der Waals surface area contributed by atoms with Crippen LogP contribution in [0.2, 0.25) is 0 Å². The van der Waals surface area contributed by atoms with Gasteiger partial charge in [0, 0.05) is 6.54 Å². The fourth-order valence-electron chi connectivity index (χ4n) is 4.71. The lowest BCUT2D eigenvalue weighted by Gasteiger charge is -2.25. The Kier molecular flexibility index (Phi) is 5.17. The molecule has 2 aliphatic rings. The molecule has 176 valence electrons. The summed E-state index contributed by atoms with van der Waals surface area (Å²) in [6, 6.07) is 19.5. The monoisotopic (exact) mass is 469 g/mol. The summed E-state index contributed by atoms with van der Waals surface area (Å²) < 4.78 is 22.8. The highest BCUT2D eigenvalue weighted by molar-refractivity contribution is 5.99. The van der Waals surface area contributed by atoms with E-state index in [1.54, 1.807) is 29.2 Å². The fourth-order valence-corrected chi connectivity index (χ4v) is 4.71. The number of nitrogens with zero attached hydrogens (tertiary/aromatic N) is 1. The number of carbonyl (C=O) groups excluding carboxylic acids is 1. The van der Waals surface area contributed by atoms with Crippen molar-refractivity contribution in [3.05, 3.63) is 99.4 Å². The molecule has 0 unspecified atom stereocenters. The van der Waals surface area contributed by atoms with Gasteiger partial charge in [-0.1, -0.05) is 37.3 Å². The van der Waals surface area contributed by atoms with E-state index in [1.165, 1.54) is 0 Å². The molecule has 0 saturated heterocycles. The van der Waals surface area contributed by atoms with Crippen molar-refractivity contribution in [2.24, 2.45) is 0 Å². The largest absolute Gasteiger partial charge is 0.494 e. The Labute approximate surface area is 201 Å². The van der Waals surface area contributed by atoms with Crippen molar-refractivity contribution < 1.29 is 23.4 Å². The quantitative estimate of drug-likeness (QED) is 0.393. The van der Waals surface area contributed by atoms with Gasteiger partial charge in [0.05, 0.1) is 23.6 Å². The number of amides is 1. The summed E-state index contributed by atoms with van der Waals surface area (Å²) in [5.74, 6) is 1.76. The summed E-state index contributed by atoms with van der Waals surface area (Å²) in [5.41, 5.74) is 2.19. The minimum absolute atomic E-state index is 0.0827. The van der Waals surface area contributed by atoms with Crippen LogP contribution in [0.4, 0.5) is 0 Å². The third kappa shape index (κ3) is 3.60. The first kappa shape index (κ1) is 21.3. The molecule has 0 radical (unpaired) electrons. The van der Waals surface area contributed by atoms with Crippen LogP contribution in [0.15, 0.2) is 75.9 Å². The lowest BCUT2D eigenvalue weighted by molar-refractivity contribution is 0.0714. The van der Waals surface area contributed by atoms with E-state index in [9.17, 15) is 9.59 Å². The Morgan fingerprint density at radius 3 is 2.71 bits per heavy atom. The van der Waals surface area contributed by atoms with E-state index in [-0.39, 0.29) is 30.4 Å². The Balaban J connectivity index is 1.49. The number of benzene rings is 3. The van der Waals surface area contributed by atoms with Crippen LogP contribution in [0.5, 0.6) is 17.2 Å². The number of para-hydroxylation sites is 1. The second-order valence-electron chi connectivity index (χ2n) is 8.61. The molecule has 1 atom stereocenters. The molecule has 0 spiro atoms. The van der Waals surface area contributed by atoms with Crippen LogP contribution < -0.4 is 19.6 Å². The van der Waals surface area contributed by atoms with Gasteiger partial charge in [0.1, 0.15) is 11.3 Å². The van der Waals surface area contributed by atoms with E-state index in [0.717, 1.165) is 17.5 Å². The van der Waals surface area contributed by atoms with Gasteiger partial charge in [-0.25, -0.2) is 0 Å². The zero-order chi connectivity index (χ0) is 23.9. The number of carbonyl (C=O) groups is 1. The molecule has 35 heavy (non-hydrogen) atoms. The normalized spacial score (nSPS) is 16.1. The molecule has 0 aliphatic carbocycles. The average molecular weight is 469 g/mol. The van der Waals surface area contributed by atoms with Gasteiger partial charge < -0.3 is 23.5 Å². The van der Waals surface area contributed by atoms with Gasteiger partial charge >= 0.3 is 0 Å². The zero-order valence-corrected chi connectivity index (χ0v) is 19.2. The molecule has 7 nitrogen and oxygen atoms in total. The zero-order valence-electron chi connectivity index (χ0n) is 19.2. The van der Waals surface area contributed by atoms with Crippen LogP contribution in [0.1, 0.15) is 46.6 Å². The van der Waals surface area contributed by atoms with Gasteiger partial charge in [-0.05, 0) is 53.9 Å². The minimum Gasteiger partial charge on any atom is -0.494 e. The Morgan fingerprint density at radius 2 is 1.83 bits per heavy atom. The van der Waals surface area contributed by atoms with Crippen LogP contribution in [0.3, 0.4) is 0 Å². The predicted octanol–water partition coefficient (Wildman–Crippen LogP) is 5.06. The highest BCUT2D eigenvalue weighted by Gasteiger charge is 2.43. The molecule has 6 rings (SSSR count). The van der Waals surface area contributed by atoms with Gasteiger partial charge in [-0.15, -0.1) is 0 Å². The minimum atomic E-state index is -0.617. The Morgan fingerprint density at radius 1 is 0.971 bits per heavy atom. The van der Waals surface area contributed by atoms with Gasteiger partial charge in [-0.3, -0.25) is 9.59 Å². The highest BCUT2D eigenvalue weighted by atomic mass is 16.7. The molecule has 0 fully saturated rings. The smallest absolute Gasteiger partial charge is 0.291 e. The van der Waals surface area contributed by atoms with Crippen molar-refractivity contribution in [3.8, 4) is 17.2 Å². The number of hydrogen-bond donors (Lipinski definition) is 0. The van der Waals surface area contributed by atoms with E-state index >= 15 is 0 Å². The van der Waals surface area contributed by atoms with Gasteiger partial charge in [0.15, 0.2) is 16.9 Å². The number of rotatable bonds is 6. The SMILES string of the molecule is CCCOc1cccc([C@@H]2c3c(oc4ccccc4c3=O)C(=O)N2Cc2ccc3c(c2)OCO3)c1. The summed E-state index contributed by atoms with van der Waals surface area (Å²) in [7, 11) is 0. The summed E-state index contributed by atoms with van der Waals surface area (Å²) in [6.45, 7) is 3.06. The van der Waals surface area contributed by atoms with Crippen LogP contribution >= 0.6 is 0 Å². The molecule has 0 saturated carbocycles. The molecule has 1 aromatic heterocycles. The van der Waals surface area contributed by atoms with Crippen LogP contribution in [0.25, 0.3) is 11.0 Å². The van der Waals surface area contributed by atoms with E-state index < -0.39 is 6.04 Å². The first-order valence-electron chi connectivity index (χ1n) is 11.6. The lowest BCUT2D eigenvalue weighted by Crippen LogP contribution is -2.29. The van der Waals surface area contributed by atoms with Crippen LogP contribution in [0, 0.1) is 0 Å². The van der Waals surface area contributed by atoms with Crippen molar-refractivity contribution in [3.63, 3.8) is 0 Å². The average Bonchev–Trinajstić information content (AvgIpc) is 3.46. The number of fused-ring (bicyclic) bond motifs is 3. The predicted molar refractivity (Wildman–Crippen MR) is 129 cm³/mol. The van der Waals surface area contributed by atoms with Gasteiger partial charge in [0.2, 0.25) is 12.6 Å². The first-order chi connectivity index (χ1) is 17.1. The molecule has 0 N–H and O–H groups in total. The maximum Gasteiger partial charge on any atom is 0.291 e. The standard InChI is InChI=1S/C28H23NO6/c1-2-12-32-19-7-5-6-18(14-19)25-24-26(30)20-8-3-4-9-21(20)35-27(24)28(31)29(25)15-17-10-11-22-23(13-17)34-16-33-22/h3-11,13-14,25H,2,12,15-16H2,1H3/t25-/m1/s1. The Hall–Kier alpha value is -4.26. The molecule has 2 aliphatic heterocycles. The maximum atomic E-state index is 13.7. The van der Waals surface area contributed by atoms with Crippen molar-refractivity contribution in [1.29, 1.82) is 0 Å². The summed E-state index contributed by atoms with van der Waals surface area (Å²) in [6.07, 6.45) is 0.876. The van der Waals surface area contributed by atoms with Gasteiger partial charge in [0.25, 0.3) is 5.91 Å². The summed E-state index contributed by atoms with van der Waals surface area (Å²) in [4.78, 5) is 29.0. The molecular formula is C28H23NO6. The van der Waals surface area contributed by atoms with E-state index in [4.69, 9.17) is 18.6 Å². The van der Waals surface area contributed by atoms with Gasteiger partial charge in [-0.2, -0.15) is 0 Å². The van der Waals surface area contributed by atoms with Crippen molar-refractivity contribution >= 4 is 16.9 Å². The highest BCUT2D eigenvalue weighted by Crippen LogP contribution is 2.41. The Bertz CT molecular complexity index is 1510. The molecule has 1 amide bonds. The van der Waals surface area contributed by atoms with E-state index in [2.05, 4.69) is 0 Å². The first-order valence-corrected chi connectivity index (χ1v) is 11.6. The van der Waals surface area contributed by atoms with Crippen LogP contribution in [-0.4, -0.2) is 24.2 Å². The van der Waals surface area contributed by atoms with Crippen molar-refractivity contribution in [1.82, 2.24) is 4.90 Å². The maximum absolute atomic E-state index is 13.7. The lowest BCUT2D eigenvalue weighted by atomic mass is 9.98. The third-order valence-electron chi connectivity index (χ3n) is 6.31. The van der Waals surface area contributed by atoms with Crippen LogP contribution in [-0.2, 0) is 6.54 Å². The fraction of sp³-hybridized carbons (Fsp3) is 0.214. The number of hydrogen-bond acceptors (Lipinski definition) is 6. The molecule has 4 aromatic rings. The summed E-state index contributed by atoms with van der Waals surface area (Å²) >= 11 is 0. The number of ether oxygens (including phenoxy) is 3. The molecule has 0 bridgehead atoms. The molecular weight excluding hydrogens is 446 g/mol. The second-order valence-corrected chi connectivity index (χ2v) is 8.61. The molecule has 7 heteroatoms. The van der Waals surface area contributed by atoms with Crippen molar-refractivity contribution in [2.45, 2.75) is 25.9 Å². The van der Waals surface area contributed by atoms with E-state index in [1.807, 2.05) is 49.4 Å². The molecule has 3 heterocycles.